The Hall–Kier alpha value is -0.120. The van der Waals surface area contributed by atoms with Crippen LogP contribution in [0, 0.1) is 5.92 Å². The Morgan fingerprint density at radius 1 is 1.31 bits per heavy atom. The molecule has 0 amide bonds. The molecule has 0 bridgehead atoms. The second-order valence-electron chi connectivity index (χ2n) is 5.80. The summed E-state index contributed by atoms with van der Waals surface area (Å²) in [6.07, 6.45) is 8.14. The summed E-state index contributed by atoms with van der Waals surface area (Å²) < 4.78 is 0. The lowest BCUT2D eigenvalue weighted by molar-refractivity contribution is 0.161. The number of nitrogens with two attached hydrogens (primary N) is 1. The molecule has 0 spiro atoms. The SMILES string of the molecule is CN1CCC(CN)(NCCCC2CC2)CC1. The molecule has 3 N–H and O–H groups in total. The van der Waals surface area contributed by atoms with Crippen molar-refractivity contribution in [2.75, 3.05) is 33.2 Å². The minimum Gasteiger partial charge on any atom is -0.329 e. The van der Waals surface area contributed by atoms with Crippen LogP contribution in [0.5, 0.6) is 0 Å². The molecule has 0 aromatic rings. The van der Waals surface area contributed by atoms with Gasteiger partial charge in [-0.25, -0.2) is 0 Å². The second-order valence-corrected chi connectivity index (χ2v) is 5.80. The molecule has 2 fully saturated rings. The molecule has 0 unspecified atom stereocenters. The van der Waals surface area contributed by atoms with Crippen molar-refractivity contribution in [1.82, 2.24) is 10.2 Å². The highest BCUT2D eigenvalue weighted by Crippen LogP contribution is 2.33. The Labute approximate surface area is 99.8 Å². The monoisotopic (exact) mass is 225 g/mol. The first kappa shape index (κ1) is 12.3. The largest absolute Gasteiger partial charge is 0.329 e. The molecular weight excluding hydrogens is 198 g/mol. The molecule has 0 aromatic carbocycles. The number of nitrogens with one attached hydrogen (secondary N) is 1. The molecule has 2 rings (SSSR count). The Morgan fingerprint density at radius 3 is 2.56 bits per heavy atom. The summed E-state index contributed by atoms with van der Waals surface area (Å²) in [5.74, 6) is 1.06. The van der Waals surface area contributed by atoms with Gasteiger partial charge in [0, 0.05) is 12.1 Å². The van der Waals surface area contributed by atoms with E-state index in [2.05, 4.69) is 17.3 Å². The first-order chi connectivity index (χ1) is 7.74. The summed E-state index contributed by atoms with van der Waals surface area (Å²) in [5.41, 5.74) is 6.20. The van der Waals surface area contributed by atoms with Crippen molar-refractivity contribution < 1.29 is 0 Å². The minimum atomic E-state index is 0.246. The van der Waals surface area contributed by atoms with Gasteiger partial charge in [0.05, 0.1) is 0 Å². The third-order valence-corrected chi connectivity index (χ3v) is 4.32. The van der Waals surface area contributed by atoms with E-state index in [9.17, 15) is 0 Å². The van der Waals surface area contributed by atoms with Crippen LogP contribution in [-0.2, 0) is 0 Å². The van der Waals surface area contributed by atoms with Crippen LogP contribution >= 0.6 is 0 Å². The van der Waals surface area contributed by atoms with Crippen LogP contribution < -0.4 is 11.1 Å². The van der Waals surface area contributed by atoms with Crippen molar-refractivity contribution >= 4 is 0 Å². The number of hydrogen-bond donors (Lipinski definition) is 2. The summed E-state index contributed by atoms with van der Waals surface area (Å²) in [5, 5.41) is 3.74. The number of hydrogen-bond acceptors (Lipinski definition) is 3. The Kier molecular flexibility index (Phi) is 4.22. The molecule has 1 saturated heterocycles. The molecular formula is C13H27N3. The number of likely N-dealkylation sites (tertiary alicyclic amines) is 1. The Balaban J connectivity index is 1.66. The van der Waals surface area contributed by atoms with Crippen LogP contribution in [0.15, 0.2) is 0 Å². The van der Waals surface area contributed by atoms with E-state index in [0.29, 0.717) is 0 Å². The quantitative estimate of drug-likeness (QED) is 0.667. The molecule has 2 aliphatic rings. The lowest BCUT2D eigenvalue weighted by Crippen LogP contribution is -2.57. The zero-order chi connectivity index (χ0) is 11.4. The molecule has 0 atom stereocenters. The minimum absolute atomic E-state index is 0.246. The summed E-state index contributed by atoms with van der Waals surface area (Å²) >= 11 is 0. The highest BCUT2D eigenvalue weighted by atomic mass is 15.1. The smallest absolute Gasteiger partial charge is 0.0328 e. The van der Waals surface area contributed by atoms with Crippen molar-refractivity contribution in [2.45, 2.75) is 44.1 Å². The summed E-state index contributed by atoms with van der Waals surface area (Å²) in [6.45, 7) is 4.33. The fraction of sp³-hybridized carbons (Fsp3) is 1.00. The van der Waals surface area contributed by atoms with E-state index in [0.717, 1.165) is 19.0 Å². The number of rotatable bonds is 6. The van der Waals surface area contributed by atoms with Crippen LogP contribution in [0.2, 0.25) is 0 Å². The van der Waals surface area contributed by atoms with Crippen molar-refractivity contribution in [2.24, 2.45) is 11.7 Å². The topological polar surface area (TPSA) is 41.3 Å². The third kappa shape index (κ3) is 3.44. The van der Waals surface area contributed by atoms with Gasteiger partial charge in [0.1, 0.15) is 0 Å². The van der Waals surface area contributed by atoms with Crippen LogP contribution in [0.25, 0.3) is 0 Å². The average molecular weight is 225 g/mol. The predicted octanol–water partition coefficient (Wildman–Crippen LogP) is 1.19. The lowest BCUT2D eigenvalue weighted by Gasteiger charge is -2.40. The van der Waals surface area contributed by atoms with Gasteiger partial charge in [-0.3, -0.25) is 0 Å². The van der Waals surface area contributed by atoms with E-state index in [-0.39, 0.29) is 5.54 Å². The van der Waals surface area contributed by atoms with Crippen LogP contribution in [0.1, 0.15) is 38.5 Å². The van der Waals surface area contributed by atoms with Gasteiger partial charge in [-0.15, -0.1) is 0 Å². The second kappa shape index (κ2) is 5.48. The third-order valence-electron chi connectivity index (χ3n) is 4.32. The zero-order valence-corrected chi connectivity index (χ0v) is 10.7. The molecule has 0 aromatic heterocycles. The summed E-state index contributed by atoms with van der Waals surface area (Å²) in [7, 11) is 2.20. The van der Waals surface area contributed by atoms with Crippen molar-refractivity contribution in [1.29, 1.82) is 0 Å². The van der Waals surface area contributed by atoms with E-state index < -0.39 is 0 Å². The molecule has 0 radical (unpaired) electrons. The maximum Gasteiger partial charge on any atom is 0.0328 e. The number of nitrogens with zero attached hydrogens (tertiary/aromatic N) is 1. The van der Waals surface area contributed by atoms with Crippen LogP contribution in [-0.4, -0.2) is 43.7 Å². The van der Waals surface area contributed by atoms with Gasteiger partial charge in [-0.05, 0) is 58.3 Å². The lowest BCUT2D eigenvalue weighted by atomic mass is 9.87. The van der Waals surface area contributed by atoms with Crippen molar-refractivity contribution in [3.05, 3.63) is 0 Å². The van der Waals surface area contributed by atoms with Crippen LogP contribution in [0.3, 0.4) is 0 Å². The molecule has 3 heteroatoms. The molecule has 1 saturated carbocycles. The maximum atomic E-state index is 5.96. The molecule has 1 heterocycles. The Morgan fingerprint density at radius 2 is 2.00 bits per heavy atom. The highest BCUT2D eigenvalue weighted by Gasteiger charge is 2.31. The normalized spacial score (nSPS) is 25.9. The fourth-order valence-corrected chi connectivity index (χ4v) is 2.65. The van der Waals surface area contributed by atoms with Gasteiger partial charge in [0.15, 0.2) is 0 Å². The van der Waals surface area contributed by atoms with E-state index in [4.69, 9.17) is 5.73 Å². The zero-order valence-electron chi connectivity index (χ0n) is 10.7. The van der Waals surface area contributed by atoms with E-state index in [1.54, 1.807) is 0 Å². The van der Waals surface area contributed by atoms with E-state index in [1.807, 2.05) is 0 Å². The van der Waals surface area contributed by atoms with Crippen LogP contribution in [0.4, 0.5) is 0 Å². The summed E-state index contributed by atoms with van der Waals surface area (Å²) in [6, 6.07) is 0. The molecule has 1 aliphatic carbocycles. The van der Waals surface area contributed by atoms with E-state index >= 15 is 0 Å². The van der Waals surface area contributed by atoms with Gasteiger partial charge in [0.2, 0.25) is 0 Å². The average Bonchev–Trinajstić information content (AvgIpc) is 3.12. The molecule has 16 heavy (non-hydrogen) atoms. The Bertz CT molecular complexity index is 205. The molecule has 1 aliphatic heterocycles. The van der Waals surface area contributed by atoms with Crippen molar-refractivity contribution in [3.63, 3.8) is 0 Å². The van der Waals surface area contributed by atoms with Gasteiger partial charge in [-0.2, -0.15) is 0 Å². The van der Waals surface area contributed by atoms with Crippen molar-refractivity contribution in [3.8, 4) is 0 Å². The maximum absolute atomic E-state index is 5.96. The first-order valence-electron chi connectivity index (χ1n) is 6.88. The van der Waals surface area contributed by atoms with E-state index in [1.165, 1.54) is 51.6 Å². The number of piperidine rings is 1. The standard InChI is InChI=1S/C13H27N3/c1-16-9-6-13(11-14,7-10-16)15-8-2-3-12-4-5-12/h12,15H,2-11,14H2,1H3. The molecule has 3 nitrogen and oxygen atoms in total. The van der Waals surface area contributed by atoms with Gasteiger partial charge in [-0.1, -0.05) is 12.8 Å². The molecule has 94 valence electrons. The predicted molar refractivity (Wildman–Crippen MR) is 68.5 cm³/mol. The first-order valence-corrected chi connectivity index (χ1v) is 6.88. The van der Waals surface area contributed by atoms with Gasteiger partial charge >= 0.3 is 0 Å². The van der Waals surface area contributed by atoms with Gasteiger partial charge < -0.3 is 16.0 Å². The van der Waals surface area contributed by atoms with Gasteiger partial charge in [0.25, 0.3) is 0 Å². The highest BCUT2D eigenvalue weighted by molar-refractivity contribution is 4.93. The fourth-order valence-electron chi connectivity index (χ4n) is 2.65. The summed E-state index contributed by atoms with van der Waals surface area (Å²) in [4.78, 5) is 2.40.